The van der Waals surface area contributed by atoms with Crippen LogP contribution in [0.2, 0.25) is 0 Å². The van der Waals surface area contributed by atoms with Crippen molar-refractivity contribution in [3.8, 4) is 0 Å². The predicted octanol–water partition coefficient (Wildman–Crippen LogP) is 3.22. The van der Waals surface area contributed by atoms with Crippen molar-refractivity contribution in [2.45, 2.75) is 48.3 Å². The van der Waals surface area contributed by atoms with Crippen LogP contribution in [0.5, 0.6) is 0 Å². The third-order valence-electron chi connectivity index (χ3n) is 3.98. The molecule has 2 unspecified atom stereocenters. The summed E-state index contributed by atoms with van der Waals surface area (Å²) in [5.74, 6) is 0.930. The molecule has 3 rings (SSSR count). The highest BCUT2D eigenvalue weighted by molar-refractivity contribution is 8.00. The van der Waals surface area contributed by atoms with E-state index in [0.29, 0.717) is 11.3 Å². The van der Waals surface area contributed by atoms with E-state index in [-0.39, 0.29) is 0 Å². The molecule has 0 aromatic heterocycles. The second kappa shape index (κ2) is 4.42. The van der Waals surface area contributed by atoms with Crippen LogP contribution in [0, 0.1) is 5.92 Å². The summed E-state index contributed by atoms with van der Waals surface area (Å²) in [6, 6.07) is 9.14. The molecule has 1 aliphatic carbocycles. The van der Waals surface area contributed by atoms with Gasteiger partial charge in [0.25, 0.3) is 0 Å². The van der Waals surface area contributed by atoms with Crippen LogP contribution in [-0.2, 0) is 6.42 Å². The standard InChI is InChI=1S/C14H19NS/c15-12(8-10-4-3-5-10)14-9-11-6-1-2-7-13(11)16-14/h1-2,6-7,10,12,14H,3-5,8-9,15H2. The summed E-state index contributed by atoms with van der Waals surface area (Å²) >= 11 is 2.00. The van der Waals surface area contributed by atoms with Gasteiger partial charge in [-0.25, -0.2) is 0 Å². The van der Waals surface area contributed by atoms with Gasteiger partial charge >= 0.3 is 0 Å². The molecule has 2 N–H and O–H groups in total. The third kappa shape index (κ3) is 2.01. The molecule has 0 amide bonds. The van der Waals surface area contributed by atoms with Crippen molar-refractivity contribution in [3.63, 3.8) is 0 Å². The molecule has 2 heteroatoms. The Labute approximate surface area is 102 Å². The van der Waals surface area contributed by atoms with E-state index < -0.39 is 0 Å². The normalized spacial score (nSPS) is 26.2. The lowest BCUT2D eigenvalue weighted by Gasteiger charge is -2.30. The van der Waals surface area contributed by atoms with Crippen molar-refractivity contribution < 1.29 is 0 Å². The van der Waals surface area contributed by atoms with Crippen molar-refractivity contribution >= 4 is 11.8 Å². The van der Waals surface area contributed by atoms with Crippen LogP contribution in [-0.4, -0.2) is 11.3 Å². The average Bonchev–Trinajstić information content (AvgIpc) is 2.66. The third-order valence-corrected chi connectivity index (χ3v) is 5.45. The first-order valence-electron chi connectivity index (χ1n) is 6.33. The Morgan fingerprint density at radius 3 is 2.81 bits per heavy atom. The summed E-state index contributed by atoms with van der Waals surface area (Å²) in [6.45, 7) is 0. The van der Waals surface area contributed by atoms with E-state index in [1.807, 2.05) is 11.8 Å². The first-order chi connectivity index (χ1) is 7.83. The molecule has 1 fully saturated rings. The summed E-state index contributed by atoms with van der Waals surface area (Å²) in [5.41, 5.74) is 7.85. The number of fused-ring (bicyclic) bond motifs is 1. The maximum absolute atomic E-state index is 6.35. The maximum atomic E-state index is 6.35. The van der Waals surface area contributed by atoms with E-state index >= 15 is 0 Å². The Bertz CT molecular complexity index is 348. The summed E-state index contributed by atoms with van der Waals surface area (Å²) < 4.78 is 0. The largest absolute Gasteiger partial charge is 0.327 e. The maximum Gasteiger partial charge on any atom is 0.0287 e. The van der Waals surface area contributed by atoms with Gasteiger partial charge in [-0.1, -0.05) is 37.5 Å². The van der Waals surface area contributed by atoms with Crippen LogP contribution in [0.25, 0.3) is 0 Å². The molecule has 0 bridgehead atoms. The lowest BCUT2D eigenvalue weighted by molar-refractivity contribution is 0.274. The Morgan fingerprint density at radius 2 is 2.12 bits per heavy atom. The fourth-order valence-corrected chi connectivity index (χ4v) is 4.05. The van der Waals surface area contributed by atoms with E-state index in [4.69, 9.17) is 5.73 Å². The number of nitrogens with two attached hydrogens (primary N) is 1. The smallest absolute Gasteiger partial charge is 0.0287 e. The first-order valence-corrected chi connectivity index (χ1v) is 7.21. The fraction of sp³-hybridized carbons (Fsp3) is 0.571. The molecule has 2 atom stereocenters. The van der Waals surface area contributed by atoms with Gasteiger partial charge in [0.2, 0.25) is 0 Å². The van der Waals surface area contributed by atoms with E-state index in [1.54, 1.807) is 0 Å². The molecular formula is C14H19NS. The van der Waals surface area contributed by atoms with E-state index in [0.717, 1.165) is 5.92 Å². The highest BCUT2D eigenvalue weighted by Gasteiger charge is 2.30. The molecule has 86 valence electrons. The van der Waals surface area contributed by atoms with Gasteiger partial charge in [-0.3, -0.25) is 0 Å². The van der Waals surface area contributed by atoms with Crippen molar-refractivity contribution in [1.82, 2.24) is 0 Å². The zero-order valence-electron chi connectivity index (χ0n) is 9.56. The number of thioether (sulfide) groups is 1. The van der Waals surface area contributed by atoms with E-state index in [1.165, 1.54) is 42.6 Å². The first kappa shape index (κ1) is 10.7. The Hall–Kier alpha value is -0.470. The average molecular weight is 233 g/mol. The van der Waals surface area contributed by atoms with Gasteiger partial charge in [-0.2, -0.15) is 0 Å². The highest BCUT2D eigenvalue weighted by atomic mass is 32.2. The minimum absolute atomic E-state index is 0.391. The Kier molecular flexibility index (Phi) is 2.95. The quantitative estimate of drug-likeness (QED) is 0.867. The fourth-order valence-electron chi connectivity index (χ4n) is 2.71. The van der Waals surface area contributed by atoms with Crippen LogP contribution in [0.4, 0.5) is 0 Å². The Balaban J connectivity index is 1.61. The Morgan fingerprint density at radius 1 is 1.31 bits per heavy atom. The molecule has 1 aromatic rings. The summed E-state index contributed by atoms with van der Waals surface area (Å²) in [4.78, 5) is 1.46. The zero-order chi connectivity index (χ0) is 11.0. The van der Waals surface area contributed by atoms with Crippen LogP contribution in [0.3, 0.4) is 0 Å². The molecule has 1 heterocycles. The zero-order valence-corrected chi connectivity index (χ0v) is 10.4. The highest BCUT2D eigenvalue weighted by Crippen LogP contribution is 2.40. The van der Waals surface area contributed by atoms with Crippen LogP contribution >= 0.6 is 11.8 Å². The summed E-state index contributed by atoms with van der Waals surface area (Å²) in [7, 11) is 0. The molecule has 1 saturated carbocycles. The molecule has 1 aliphatic heterocycles. The van der Waals surface area contributed by atoms with Gasteiger partial charge < -0.3 is 5.73 Å². The molecule has 0 saturated heterocycles. The van der Waals surface area contributed by atoms with Crippen molar-refractivity contribution in [2.24, 2.45) is 11.7 Å². The molecule has 0 radical (unpaired) electrons. The van der Waals surface area contributed by atoms with E-state index in [9.17, 15) is 0 Å². The van der Waals surface area contributed by atoms with Gasteiger partial charge in [0, 0.05) is 16.2 Å². The molecule has 0 spiro atoms. The topological polar surface area (TPSA) is 26.0 Å². The van der Waals surface area contributed by atoms with Crippen molar-refractivity contribution in [3.05, 3.63) is 29.8 Å². The molecule has 1 aromatic carbocycles. The SMILES string of the molecule is NC(CC1CCC1)C1Cc2ccccc2S1. The number of rotatable bonds is 3. The van der Waals surface area contributed by atoms with Gasteiger partial charge in [0.15, 0.2) is 0 Å². The summed E-state index contributed by atoms with van der Waals surface area (Å²) in [6.07, 6.45) is 6.67. The lowest BCUT2D eigenvalue weighted by Crippen LogP contribution is -2.35. The molecular weight excluding hydrogens is 214 g/mol. The molecule has 1 nitrogen and oxygen atoms in total. The number of benzene rings is 1. The van der Waals surface area contributed by atoms with Crippen LogP contribution in [0.15, 0.2) is 29.2 Å². The van der Waals surface area contributed by atoms with Gasteiger partial charge in [0.1, 0.15) is 0 Å². The van der Waals surface area contributed by atoms with Crippen molar-refractivity contribution in [2.75, 3.05) is 0 Å². The predicted molar refractivity (Wildman–Crippen MR) is 69.7 cm³/mol. The van der Waals surface area contributed by atoms with Gasteiger partial charge in [-0.05, 0) is 30.4 Å². The second-order valence-corrected chi connectivity index (χ2v) is 6.45. The molecule has 2 aliphatic rings. The number of hydrogen-bond donors (Lipinski definition) is 1. The monoisotopic (exact) mass is 233 g/mol. The summed E-state index contributed by atoms with van der Waals surface area (Å²) in [5, 5.41) is 0.623. The lowest BCUT2D eigenvalue weighted by atomic mass is 9.80. The minimum atomic E-state index is 0.391. The molecule has 16 heavy (non-hydrogen) atoms. The second-order valence-electron chi connectivity index (χ2n) is 5.16. The minimum Gasteiger partial charge on any atom is -0.327 e. The number of hydrogen-bond acceptors (Lipinski definition) is 2. The van der Waals surface area contributed by atoms with Crippen LogP contribution < -0.4 is 5.73 Å². The van der Waals surface area contributed by atoms with Gasteiger partial charge in [-0.15, -0.1) is 11.8 Å². The van der Waals surface area contributed by atoms with Crippen molar-refractivity contribution in [1.29, 1.82) is 0 Å². The van der Waals surface area contributed by atoms with E-state index in [2.05, 4.69) is 24.3 Å². The van der Waals surface area contributed by atoms with Gasteiger partial charge in [0.05, 0.1) is 0 Å². The van der Waals surface area contributed by atoms with Crippen LogP contribution in [0.1, 0.15) is 31.2 Å².